The van der Waals surface area contributed by atoms with Gasteiger partial charge in [0.25, 0.3) is 5.91 Å². The second-order valence-electron chi connectivity index (χ2n) is 3.56. The van der Waals surface area contributed by atoms with Crippen LogP contribution in [0.5, 0.6) is 5.75 Å². The Morgan fingerprint density at radius 1 is 1.44 bits per heavy atom. The normalized spacial score (nSPS) is 11.9. The lowest BCUT2D eigenvalue weighted by Crippen LogP contribution is -2.30. The van der Waals surface area contributed by atoms with Gasteiger partial charge in [-0.25, -0.2) is 0 Å². The summed E-state index contributed by atoms with van der Waals surface area (Å²) in [6, 6.07) is 8.89. The Hall–Kier alpha value is -1.82. The standard InChI is InChI=1S/C12H11BrN2O3/c1-8(12(16)14-11-6-7-17-15-11)18-10-5-3-2-4-9(10)13/h2-8H,1H3,(H,14,15,16)/t8-/m0/s1. The number of para-hydroxylation sites is 1. The number of amides is 1. The highest BCUT2D eigenvalue weighted by Crippen LogP contribution is 2.24. The highest BCUT2D eigenvalue weighted by atomic mass is 79.9. The number of carbonyl (C=O) groups excluding carboxylic acids is 1. The summed E-state index contributed by atoms with van der Waals surface area (Å²) < 4.78 is 11.0. The molecule has 1 aromatic carbocycles. The van der Waals surface area contributed by atoms with Crippen LogP contribution >= 0.6 is 15.9 Å². The van der Waals surface area contributed by atoms with Crippen molar-refractivity contribution in [3.05, 3.63) is 41.1 Å². The van der Waals surface area contributed by atoms with E-state index in [9.17, 15) is 4.79 Å². The summed E-state index contributed by atoms with van der Waals surface area (Å²) in [6.45, 7) is 1.66. The molecule has 0 aliphatic carbocycles. The van der Waals surface area contributed by atoms with Gasteiger partial charge in [0.2, 0.25) is 0 Å². The Kier molecular flexibility index (Phi) is 3.99. The van der Waals surface area contributed by atoms with E-state index in [4.69, 9.17) is 4.74 Å². The van der Waals surface area contributed by atoms with Crippen molar-refractivity contribution >= 4 is 27.7 Å². The van der Waals surface area contributed by atoms with Crippen molar-refractivity contribution in [1.29, 1.82) is 0 Å². The van der Waals surface area contributed by atoms with Gasteiger partial charge in [-0.15, -0.1) is 0 Å². The molecule has 5 nitrogen and oxygen atoms in total. The third kappa shape index (κ3) is 3.10. The van der Waals surface area contributed by atoms with Gasteiger partial charge in [-0.3, -0.25) is 4.79 Å². The van der Waals surface area contributed by atoms with Crippen LogP contribution < -0.4 is 10.1 Å². The van der Waals surface area contributed by atoms with Crippen LogP contribution in [-0.2, 0) is 4.79 Å². The molecule has 1 heterocycles. The van der Waals surface area contributed by atoms with Crippen LogP contribution in [-0.4, -0.2) is 17.2 Å². The number of anilines is 1. The van der Waals surface area contributed by atoms with Crippen molar-refractivity contribution in [3.63, 3.8) is 0 Å². The maximum atomic E-state index is 11.8. The molecular weight excluding hydrogens is 300 g/mol. The minimum Gasteiger partial charge on any atom is -0.480 e. The molecule has 2 aromatic rings. The zero-order valence-electron chi connectivity index (χ0n) is 9.59. The van der Waals surface area contributed by atoms with E-state index in [0.717, 1.165) is 4.47 Å². The van der Waals surface area contributed by atoms with Gasteiger partial charge in [0, 0.05) is 6.07 Å². The van der Waals surface area contributed by atoms with Crippen LogP contribution in [0.1, 0.15) is 6.92 Å². The highest BCUT2D eigenvalue weighted by molar-refractivity contribution is 9.10. The summed E-state index contributed by atoms with van der Waals surface area (Å²) in [5, 5.41) is 6.17. The van der Waals surface area contributed by atoms with E-state index in [-0.39, 0.29) is 5.91 Å². The first-order valence-corrected chi connectivity index (χ1v) is 6.08. The zero-order valence-corrected chi connectivity index (χ0v) is 11.2. The highest BCUT2D eigenvalue weighted by Gasteiger charge is 2.16. The van der Waals surface area contributed by atoms with E-state index in [2.05, 4.69) is 30.9 Å². The van der Waals surface area contributed by atoms with Gasteiger partial charge in [-0.1, -0.05) is 17.3 Å². The summed E-state index contributed by atoms with van der Waals surface area (Å²) in [4.78, 5) is 11.8. The first kappa shape index (κ1) is 12.6. The molecule has 94 valence electrons. The molecule has 0 saturated carbocycles. The van der Waals surface area contributed by atoms with Gasteiger partial charge in [0.15, 0.2) is 11.9 Å². The lowest BCUT2D eigenvalue weighted by atomic mass is 10.3. The molecule has 1 amide bonds. The smallest absolute Gasteiger partial charge is 0.266 e. The SMILES string of the molecule is C[C@H](Oc1ccccc1Br)C(=O)Nc1ccon1. The number of rotatable bonds is 4. The molecule has 0 saturated heterocycles. The summed E-state index contributed by atoms with van der Waals surface area (Å²) >= 11 is 3.35. The molecule has 0 aliphatic heterocycles. The van der Waals surface area contributed by atoms with Crippen LogP contribution in [0.2, 0.25) is 0 Å². The first-order chi connectivity index (χ1) is 8.66. The average Bonchev–Trinajstić information content (AvgIpc) is 2.84. The monoisotopic (exact) mass is 310 g/mol. The molecule has 0 aliphatic rings. The van der Waals surface area contributed by atoms with Gasteiger partial charge in [0.1, 0.15) is 12.0 Å². The van der Waals surface area contributed by atoms with E-state index >= 15 is 0 Å². The number of carbonyl (C=O) groups is 1. The maximum absolute atomic E-state index is 11.8. The van der Waals surface area contributed by atoms with E-state index in [0.29, 0.717) is 11.6 Å². The molecule has 1 atom stereocenters. The second kappa shape index (κ2) is 5.68. The van der Waals surface area contributed by atoms with Gasteiger partial charge in [-0.2, -0.15) is 0 Å². The molecule has 6 heteroatoms. The first-order valence-electron chi connectivity index (χ1n) is 5.29. The fourth-order valence-corrected chi connectivity index (χ4v) is 1.67. The second-order valence-corrected chi connectivity index (χ2v) is 4.42. The molecule has 0 bridgehead atoms. The van der Waals surface area contributed by atoms with Crippen molar-refractivity contribution in [2.75, 3.05) is 5.32 Å². The Labute approximate surface area is 112 Å². The topological polar surface area (TPSA) is 64.4 Å². The number of ether oxygens (including phenoxy) is 1. The predicted molar refractivity (Wildman–Crippen MR) is 69.4 cm³/mol. The molecule has 0 unspecified atom stereocenters. The van der Waals surface area contributed by atoms with Gasteiger partial charge in [0.05, 0.1) is 4.47 Å². The Morgan fingerprint density at radius 3 is 2.89 bits per heavy atom. The largest absolute Gasteiger partial charge is 0.480 e. The number of aromatic nitrogens is 1. The van der Waals surface area contributed by atoms with Gasteiger partial charge < -0.3 is 14.6 Å². The Bertz CT molecular complexity index is 528. The molecular formula is C12H11BrN2O3. The molecule has 0 radical (unpaired) electrons. The lowest BCUT2D eigenvalue weighted by Gasteiger charge is -2.14. The van der Waals surface area contributed by atoms with E-state index in [1.807, 2.05) is 18.2 Å². The van der Waals surface area contributed by atoms with Crippen molar-refractivity contribution in [1.82, 2.24) is 5.16 Å². The fraction of sp³-hybridized carbons (Fsp3) is 0.167. The predicted octanol–water partition coefficient (Wildman–Crippen LogP) is 2.84. The summed E-state index contributed by atoms with van der Waals surface area (Å²) in [5.74, 6) is 0.683. The molecule has 1 aromatic heterocycles. The maximum Gasteiger partial charge on any atom is 0.266 e. The number of hydrogen-bond acceptors (Lipinski definition) is 4. The van der Waals surface area contributed by atoms with Crippen LogP contribution in [0.4, 0.5) is 5.82 Å². The fourth-order valence-electron chi connectivity index (χ4n) is 1.29. The number of benzene rings is 1. The number of nitrogens with one attached hydrogen (secondary N) is 1. The molecule has 0 fully saturated rings. The van der Waals surface area contributed by atoms with E-state index < -0.39 is 6.10 Å². The number of halogens is 1. The Morgan fingerprint density at radius 2 is 2.22 bits per heavy atom. The van der Waals surface area contributed by atoms with Crippen molar-refractivity contribution < 1.29 is 14.1 Å². The zero-order chi connectivity index (χ0) is 13.0. The molecule has 0 spiro atoms. The van der Waals surface area contributed by atoms with Crippen LogP contribution in [0.25, 0.3) is 0 Å². The molecule has 1 N–H and O–H groups in total. The van der Waals surface area contributed by atoms with Gasteiger partial charge >= 0.3 is 0 Å². The van der Waals surface area contributed by atoms with Crippen molar-refractivity contribution in [2.24, 2.45) is 0 Å². The summed E-state index contributed by atoms with van der Waals surface area (Å²) in [7, 11) is 0. The van der Waals surface area contributed by atoms with E-state index in [1.165, 1.54) is 6.26 Å². The Balaban J connectivity index is 1.97. The van der Waals surface area contributed by atoms with Gasteiger partial charge in [-0.05, 0) is 35.0 Å². The summed E-state index contributed by atoms with van der Waals surface area (Å²) in [5.41, 5.74) is 0. The summed E-state index contributed by atoms with van der Waals surface area (Å²) in [6.07, 6.45) is 0.745. The van der Waals surface area contributed by atoms with Crippen molar-refractivity contribution in [3.8, 4) is 5.75 Å². The van der Waals surface area contributed by atoms with E-state index in [1.54, 1.807) is 19.1 Å². The minimum absolute atomic E-state index is 0.292. The molecule has 18 heavy (non-hydrogen) atoms. The lowest BCUT2D eigenvalue weighted by molar-refractivity contribution is -0.122. The van der Waals surface area contributed by atoms with Crippen molar-refractivity contribution in [2.45, 2.75) is 13.0 Å². The van der Waals surface area contributed by atoms with Crippen LogP contribution in [0, 0.1) is 0 Å². The average molecular weight is 311 g/mol. The van der Waals surface area contributed by atoms with Crippen LogP contribution in [0.15, 0.2) is 45.6 Å². The van der Waals surface area contributed by atoms with Crippen LogP contribution in [0.3, 0.4) is 0 Å². The number of nitrogens with zero attached hydrogens (tertiary/aromatic N) is 1. The number of hydrogen-bond donors (Lipinski definition) is 1. The third-order valence-corrected chi connectivity index (χ3v) is 2.85. The third-order valence-electron chi connectivity index (χ3n) is 2.20. The quantitative estimate of drug-likeness (QED) is 0.943. The minimum atomic E-state index is -0.639. The molecule has 2 rings (SSSR count).